The van der Waals surface area contributed by atoms with Gasteiger partial charge in [-0.2, -0.15) is 0 Å². The molecule has 228 valence electrons. The number of rotatable bonds is 8. The molecule has 1 aliphatic rings. The minimum Gasteiger partial charge on any atom is -0.458 e. The van der Waals surface area contributed by atoms with Crippen LogP contribution >= 0.6 is 11.3 Å². The van der Waals surface area contributed by atoms with Crippen LogP contribution in [0.1, 0.15) is 77.5 Å². The lowest BCUT2D eigenvalue weighted by atomic mass is 9.96. The largest absolute Gasteiger partial charge is 0.458 e. The van der Waals surface area contributed by atoms with Crippen LogP contribution in [0.2, 0.25) is 0 Å². The first-order chi connectivity index (χ1) is 20.3. The molecule has 3 aromatic heterocycles. The molecule has 43 heavy (non-hydrogen) atoms. The molecule has 1 aromatic carbocycles. The van der Waals surface area contributed by atoms with Crippen molar-refractivity contribution in [3.05, 3.63) is 74.8 Å². The summed E-state index contributed by atoms with van der Waals surface area (Å²) in [4.78, 5) is 59.2. The maximum atomic E-state index is 14.4. The molecule has 0 spiro atoms. The Kier molecular flexibility index (Phi) is 8.32. The summed E-state index contributed by atoms with van der Waals surface area (Å²) in [7, 11) is 0. The third-order valence-corrected chi connectivity index (χ3v) is 8.97. The lowest BCUT2D eigenvalue weighted by Crippen LogP contribution is -2.54. The van der Waals surface area contributed by atoms with Crippen LogP contribution in [0.3, 0.4) is 0 Å². The van der Waals surface area contributed by atoms with E-state index in [-0.39, 0.29) is 18.4 Å². The second-order valence-electron chi connectivity index (χ2n) is 12.4. The van der Waals surface area contributed by atoms with Gasteiger partial charge in [-0.05, 0) is 65.5 Å². The Morgan fingerprint density at radius 1 is 1.09 bits per heavy atom. The van der Waals surface area contributed by atoms with E-state index in [1.54, 1.807) is 27.7 Å². The van der Waals surface area contributed by atoms with E-state index < -0.39 is 34.5 Å². The van der Waals surface area contributed by atoms with Gasteiger partial charge in [-0.3, -0.25) is 14.2 Å². The smallest absolute Gasteiger partial charge is 0.333 e. The SMILES string of the molecule is Cc1c(-c2ncco2)sc2c1c(=O)n(C(C)(C)C(=O)OC(C)(C)C)c(=O)n2CC(OC1CCC(=O)CC1)c1ccccc1. The van der Waals surface area contributed by atoms with E-state index in [0.29, 0.717) is 52.2 Å². The number of Topliss-reactive ketones (excluding diaryl/α,β-unsaturated/α-hetero) is 1. The first-order valence-corrected chi connectivity index (χ1v) is 15.2. The predicted octanol–water partition coefficient (Wildman–Crippen LogP) is 5.53. The number of esters is 1. The number of thiophene rings is 1. The fraction of sp³-hybridized carbons (Fsp3) is 0.469. The van der Waals surface area contributed by atoms with E-state index in [1.807, 2.05) is 30.3 Å². The number of ketones is 1. The molecule has 1 aliphatic carbocycles. The molecule has 3 heterocycles. The van der Waals surface area contributed by atoms with Crippen LogP contribution in [0, 0.1) is 6.92 Å². The quantitative estimate of drug-likeness (QED) is 0.240. The van der Waals surface area contributed by atoms with Crippen LogP contribution in [-0.4, -0.2) is 37.6 Å². The number of fused-ring (bicyclic) bond motifs is 1. The van der Waals surface area contributed by atoms with Gasteiger partial charge in [0.25, 0.3) is 5.56 Å². The zero-order valence-electron chi connectivity index (χ0n) is 25.3. The summed E-state index contributed by atoms with van der Waals surface area (Å²) in [5.74, 6) is -0.148. The van der Waals surface area contributed by atoms with Gasteiger partial charge in [-0.25, -0.2) is 19.1 Å². The first-order valence-electron chi connectivity index (χ1n) is 14.4. The Labute approximate surface area is 253 Å². The molecule has 5 rings (SSSR count). The highest BCUT2D eigenvalue weighted by atomic mass is 32.1. The number of nitrogens with zero attached hydrogens (tertiary/aromatic N) is 3. The van der Waals surface area contributed by atoms with Crippen molar-refractivity contribution in [2.45, 2.75) is 97.1 Å². The van der Waals surface area contributed by atoms with Crippen molar-refractivity contribution in [2.75, 3.05) is 0 Å². The Balaban J connectivity index is 1.71. The van der Waals surface area contributed by atoms with Gasteiger partial charge in [-0.15, -0.1) is 11.3 Å². The van der Waals surface area contributed by atoms with Gasteiger partial charge in [0.05, 0.1) is 29.1 Å². The Morgan fingerprint density at radius 3 is 2.37 bits per heavy atom. The van der Waals surface area contributed by atoms with Gasteiger partial charge in [0.1, 0.15) is 34.1 Å². The Morgan fingerprint density at radius 2 is 1.77 bits per heavy atom. The number of carbonyl (C=O) groups is 2. The number of ether oxygens (including phenoxy) is 2. The molecular weight excluding hydrogens is 570 g/mol. The highest BCUT2D eigenvalue weighted by Gasteiger charge is 2.39. The number of aromatic nitrogens is 3. The average molecular weight is 608 g/mol. The van der Waals surface area contributed by atoms with Crippen molar-refractivity contribution < 1.29 is 23.5 Å². The number of hydrogen-bond acceptors (Lipinski definition) is 9. The van der Waals surface area contributed by atoms with Crippen molar-refractivity contribution in [1.82, 2.24) is 14.1 Å². The molecule has 11 heteroatoms. The van der Waals surface area contributed by atoms with Crippen LogP contribution in [0.25, 0.3) is 21.0 Å². The van der Waals surface area contributed by atoms with Gasteiger partial charge in [-0.1, -0.05) is 30.3 Å². The third kappa shape index (κ3) is 6.14. The monoisotopic (exact) mass is 607 g/mol. The van der Waals surface area contributed by atoms with Gasteiger partial charge in [0.2, 0.25) is 5.89 Å². The van der Waals surface area contributed by atoms with Gasteiger partial charge in [0, 0.05) is 12.8 Å². The molecule has 1 saturated carbocycles. The molecule has 4 aromatic rings. The lowest BCUT2D eigenvalue weighted by Gasteiger charge is -2.31. The zero-order chi connectivity index (χ0) is 31.1. The summed E-state index contributed by atoms with van der Waals surface area (Å²) >= 11 is 1.23. The summed E-state index contributed by atoms with van der Waals surface area (Å²) in [6, 6.07) is 9.56. The van der Waals surface area contributed by atoms with Crippen molar-refractivity contribution >= 4 is 33.3 Å². The second-order valence-corrected chi connectivity index (χ2v) is 13.4. The van der Waals surface area contributed by atoms with E-state index in [1.165, 1.54) is 42.2 Å². The van der Waals surface area contributed by atoms with Crippen LogP contribution in [-0.2, 0) is 31.1 Å². The fourth-order valence-corrected chi connectivity index (χ4v) is 6.62. The minimum absolute atomic E-state index is 0.0689. The van der Waals surface area contributed by atoms with Gasteiger partial charge in [0.15, 0.2) is 0 Å². The lowest BCUT2D eigenvalue weighted by molar-refractivity contribution is -0.164. The molecular formula is C32H37N3O7S. The summed E-state index contributed by atoms with van der Waals surface area (Å²) in [6.45, 7) is 10.1. The summed E-state index contributed by atoms with van der Waals surface area (Å²) in [5, 5.41) is 0.296. The third-order valence-electron chi connectivity index (χ3n) is 7.66. The standard InChI is InChI=1S/C32H37N3O7S/c1-19-24-27(37)35(32(5,6)29(38)42-31(2,3)4)30(39)34(28(24)43-25(19)26-33-16-17-40-26)18-23(20-10-8-7-9-11-20)41-22-14-12-21(36)13-15-22/h7-11,16-17,22-23H,12-15,18H2,1-6H3. The highest BCUT2D eigenvalue weighted by Crippen LogP contribution is 2.37. The van der Waals surface area contributed by atoms with E-state index in [2.05, 4.69) is 4.98 Å². The highest BCUT2D eigenvalue weighted by molar-refractivity contribution is 7.22. The van der Waals surface area contributed by atoms with Crippen LogP contribution in [0.15, 0.2) is 56.8 Å². The Bertz CT molecular complexity index is 1750. The molecule has 0 N–H and O–H groups in total. The molecule has 10 nitrogen and oxygen atoms in total. The average Bonchev–Trinajstić information content (AvgIpc) is 3.59. The summed E-state index contributed by atoms with van der Waals surface area (Å²) < 4.78 is 20.3. The van der Waals surface area contributed by atoms with Crippen LogP contribution in [0.5, 0.6) is 0 Å². The van der Waals surface area contributed by atoms with Crippen molar-refractivity contribution in [3.63, 3.8) is 0 Å². The maximum Gasteiger partial charge on any atom is 0.333 e. The zero-order valence-corrected chi connectivity index (χ0v) is 26.2. The number of aryl methyl sites for hydroxylation is 1. The van der Waals surface area contributed by atoms with Gasteiger partial charge < -0.3 is 13.9 Å². The number of oxazole rings is 1. The molecule has 1 fully saturated rings. The van der Waals surface area contributed by atoms with E-state index >= 15 is 0 Å². The van der Waals surface area contributed by atoms with E-state index in [4.69, 9.17) is 13.9 Å². The number of benzene rings is 1. The molecule has 0 saturated heterocycles. The predicted molar refractivity (Wildman–Crippen MR) is 163 cm³/mol. The fourth-order valence-electron chi connectivity index (χ4n) is 5.38. The van der Waals surface area contributed by atoms with Crippen LogP contribution < -0.4 is 11.2 Å². The summed E-state index contributed by atoms with van der Waals surface area (Å²) in [6.07, 6.45) is 4.35. The first kappa shape index (κ1) is 30.6. The second kappa shape index (κ2) is 11.7. The topological polar surface area (TPSA) is 123 Å². The Hall–Kier alpha value is -3.83. The van der Waals surface area contributed by atoms with E-state index in [0.717, 1.165) is 10.1 Å². The number of carbonyl (C=O) groups excluding carboxylic acids is 2. The number of hydrogen-bond donors (Lipinski definition) is 0. The van der Waals surface area contributed by atoms with E-state index in [9.17, 15) is 19.2 Å². The normalized spacial score (nSPS) is 15.6. The molecule has 0 bridgehead atoms. The van der Waals surface area contributed by atoms with Crippen molar-refractivity contribution in [3.8, 4) is 10.8 Å². The molecule has 0 radical (unpaired) electrons. The van der Waals surface area contributed by atoms with Crippen molar-refractivity contribution in [1.29, 1.82) is 0 Å². The minimum atomic E-state index is -1.62. The molecule has 0 amide bonds. The van der Waals surface area contributed by atoms with Crippen molar-refractivity contribution in [2.24, 2.45) is 0 Å². The molecule has 0 aliphatic heterocycles. The molecule has 1 unspecified atom stereocenters. The van der Waals surface area contributed by atoms with Gasteiger partial charge >= 0.3 is 11.7 Å². The summed E-state index contributed by atoms with van der Waals surface area (Å²) in [5.41, 5.74) is -2.26. The van der Waals surface area contributed by atoms with Crippen LogP contribution in [0.4, 0.5) is 0 Å². The maximum absolute atomic E-state index is 14.4. The molecule has 1 atom stereocenters.